The van der Waals surface area contributed by atoms with Crippen molar-refractivity contribution in [3.63, 3.8) is 0 Å². The van der Waals surface area contributed by atoms with Crippen LogP contribution in [0, 0.1) is 0 Å². The minimum absolute atomic E-state index is 0.380. The lowest BCUT2D eigenvalue weighted by molar-refractivity contribution is -0.138. The van der Waals surface area contributed by atoms with E-state index in [1.54, 1.807) is 23.9 Å². The summed E-state index contributed by atoms with van der Waals surface area (Å²) in [5.74, 6) is -1.59. The molecule has 0 aromatic heterocycles. The van der Waals surface area contributed by atoms with Gasteiger partial charge in [0, 0.05) is 10.6 Å². The molecule has 0 saturated carbocycles. The minimum atomic E-state index is -1.09. The van der Waals surface area contributed by atoms with E-state index in [-0.39, 0.29) is 6.42 Å². The van der Waals surface area contributed by atoms with Crippen molar-refractivity contribution in [1.82, 2.24) is 0 Å². The predicted octanol–water partition coefficient (Wildman–Crippen LogP) is 1.15. The monoisotopic (exact) mass is 254 g/mol. The van der Waals surface area contributed by atoms with Crippen LogP contribution in [0.4, 0.5) is 5.69 Å². The number of hydrogen-bond donors (Lipinski definition) is 3. The van der Waals surface area contributed by atoms with E-state index >= 15 is 0 Å². The molecule has 5 nitrogen and oxygen atoms in total. The van der Waals surface area contributed by atoms with Crippen molar-refractivity contribution in [1.29, 1.82) is 0 Å². The van der Waals surface area contributed by atoms with Crippen LogP contribution in [0.2, 0.25) is 0 Å². The van der Waals surface area contributed by atoms with Gasteiger partial charge in [-0.2, -0.15) is 0 Å². The number of carboxylic acid groups (broad SMARTS) is 1. The second-order valence-corrected chi connectivity index (χ2v) is 4.30. The fourth-order valence-corrected chi connectivity index (χ4v) is 1.60. The predicted molar refractivity (Wildman–Crippen MR) is 67.1 cm³/mol. The average Bonchev–Trinajstić information content (AvgIpc) is 2.29. The van der Waals surface area contributed by atoms with E-state index in [0.29, 0.717) is 5.69 Å². The average molecular weight is 254 g/mol. The van der Waals surface area contributed by atoms with Crippen LogP contribution in [0.3, 0.4) is 0 Å². The lowest BCUT2D eigenvalue weighted by Crippen LogP contribution is -2.37. The molecule has 1 unspecified atom stereocenters. The molecule has 1 aromatic carbocycles. The molecule has 6 heteroatoms. The van der Waals surface area contributed by atoms with Crippen molar-refractivity contribution >= 4 is 29.3 Å². The number of thioether (sulfide) groups is 1. The molecule has 1 atom stereocenters. The number of carboxylic acids is 1. The van der Waals surface area contributed by atoms with E-state index in [0.717, 1.165) is 4.90 Å². The molecule has 92 valence electrons. The maximum absolute atomic E-state index is 11.5. The Morgan fingerprint density at radius 1 is 1.41 bits per heavy atom. The number of rotatable bonds is 5. The Morgan fingerprint density at radius 3 is 2.47 bits per heavy atom. The molecule has 0 aliphatic heterocycles. The summed E-state index contributed by atoms with van der Waals surface area (Å²) in [6.45, 7) is 0. The fraction of sp³-hybridized carbons (Fsp3) is 0.273. The van der Waals surface area contributed by atoms with Gasteiger partial charge in [-0.25, -0.2) is 0 Å². The number of nitrogens with two attached hydrogens (primary N) is 1. The SMILES string of the molecule is CSc1ccc(NC(=O)C(N)CC(=O)O)cc1. The van der Waals surface area contributed by atoms with Crippen LogP contribution in [0.1, 0.15) is 6.42 Å². The smallest absolute Gasteiger partial charge is 0.305 e. The van der Waals surface area contributed by atoms with E-state index in [1.165, 1.54) is 0 Å². The molecule has 0 spiro atoms. The number of benzene rings is 1. The van der Waals surface area contributed by atoms with Gasteiger partial charge in [-0.05, 0) is 30.5 Å². The first-order chi connectivity index (χ1) is 8.02. The summed E-state index contributed by atoms with van der Waals surface area (Å²) in [7, 11) is 0. The van der Waals surface area contributed by atoms with Gasteiger partial charge in [0.2, 0.25) is 5.91 Å². The Labute approximate surface area is 103 Å². The summed E-state index contributed by atoms with van der Waals surface area (Å²) in [4.78, 5) is 23.0. The Hall–Kier alpha value is -1.53. The van der Waals surface area contributed by atoms with Gasteiger partial charge < -0.3 is 16.2 Å². The van der Waals surface area contributed by atoms with E-state index in [2.05, 4.69) is 5.32 Å². The van der Waals surface area contributed by atoms with Gasteiger partial charge in [0.25, 0.3) is 0 Å². The standard InChI is InChI=1S/C11H14N2O3S/c1-17-8-4-2-7(3-5-8)13-11(16)9(12)6-10(14)15/h2-5,9H,6,12H2,1H3,(H,13,16)(H,14,15). The van der Waals surface area contributed by atoms with Gasteiger partial charge in [-0.3, -0.25) is 9.59 Å². The highest BCUT2D eigenvalue weighted by atomic mass is 32.2. The van der Waals surface area contributed by atoms with E-state index < -0.39 is 17.9 Å². The first-order valence-corrected chi connectivity index (χ1v) is 6.17. The van der Waals surface area contributed by atoms with Crippen LogP contribution in [0.15, 0.2) is 29.2 Å². The fourth-order valence-electron chi connectivity index (χ4n) is 1.19. The van der Waals surface area contributed by atoms with Crippen molar-refractivity contribution in [3.05, 3.63) is 24.3 Å². The molecule has 4 N–H and O–H groups in total. The van der Waals surface area contributed by atoms with Gasteiger partial charge >= 0.3 is 5.97 Å². The highest BCUT2D eigenvalue weighted by Crippen LogP contribution is 2.17. The van der Waals surface area contributed by atoms with Crippen molar-refractivity contribution in [3.8, 4) is 0 Å². The summed E-state index contributed by atoms with van der Waals surface area (Å²) in [5.41, 5.74) is 6.03. The topological polar surface area (TPSA) is 92.4 Å². The normalized spacial score (nSPS) is 11.9. The summed E-state index contributed by atoms with van der Waals surface area (Å²) >= 11 is 1.60. The molecule has 1 rings (SSSR count). The molecular formula is C11H14N2O3S. The summed E-state index contributed by atoms with van der Waals surface area (Å²) < 4.78 is 0. The van der Waals surface area contributed by atoms with Gasteiger partial charge in [-0.1, -0.05) is 0 Å². The zero-order valence-electron chi connectivity index (χ0n) is 9.34. The molecule has 0 fully saturated rings. The number of carbonyl (C=O) groups excluding carboxylic acids is 1. The second-order valence-electron chi connectivity index (χ2n) is 3.42. The van der Waals surface area contributed by atoms with Crippen LogP contribution in [0.5, 0.6) is 0 Å². The molecule has 0 aliphatic rings. The number of hydrogen-bond acceptors (Lipinski definition) is 4. The first-order valence-electron chi connectivity index (χ1n) is 4.95. The largest absolute Gasteiger partial charge is 0.481 e. The summed E-state index contributed by atoms with van der Waals surface area (Å²) in [6, 6.07) is 6.19. The Bertz CT molecular complexity index is 406. The van der Waals surface area contributed by atoms with Gasteiger partial charge in [0.05, 0.1) is 12.5 Å². The molecular weight excluding hydrogens is 240 g/mol. The third-order valence-corrected chi connectivity index (χ3v) is 2.83. The second kappa shape index (κ2) is 6.27. The number of amides is 1. The zero-order chi connectivity index (χ0) is 12.8. The highest BCUT2D eigenvalue weighted by molar-refractivity contribution is 7.98. The quantitative estimate of drug-likeness (QED) is 0.685. The minimum Gasteiger partial charge on any atom is -0.481 e. The van der Waals surface area contributed by atoms with Crippen LogP contribution in [-0.2, 0) is 9.59 Å². The van der Waals surface area contributed by atoms with Crippen LogP contribution in [0.25, 0.3) is 0 Å². The molecule has 0 aliphatic carbocycles. The van der Waals surface area contributed by atoms with Crippen molar-refractivity contribution in [2.45, 2.75) is 17.4 Å². The molecule has 0 radical (unpaired) electrons. The lowest BCUT2D eigenvalue weighted by atomic mass is 10.2. The highest BCUT2D eigenvalue weighted by Gasteiger charge is 2.16. The lowest BCUT2D eigenvalue weighted by Gasteiger charge is -2.10. The van der Waals surface area contributed by atoms with E-state index in [4.69, 9.17) is 10.8 Å². The van der Waals surface area contributed by atoms with Crippen LogP contribution in [-0.4, -0.2) is 29.3 Å². The Morgan fingerprint density at radius 2 is 2.00 bits per heavy atom. The Balaban J connectivity index is 2.58. The molecule has 0 bridgehead atoms. The van der Waals surface area contributed by atoms with E-state index in [9.17, 15) is 9.59 Å². The Kier molecular flexibility index (Phi) is 4.99. The molecule has 17 heavy (non-hydrogen) atoms. The van der Waals surface area contributed by atoms with Crippen LogP contribution >= 0.6 is 11.8 Å². The number of anilines is 1. The summed E-state index contributed by atoms with van der Waals surface area (Å²) in [6.07, 6.45) is 1.57. The van der Waals surface area contributed by atoms with Crippen molar-refractivity contribution < 1.29 is 14.7 Å². The maximum atomic E-state index is 11.5. The molecule has 0 heterocycles. The molecule has 1 aromatic rings. The van der Waals surface area contributed by atoms with Crippen LogP contribution < -0.4 is 11.1 Å². The van der Waals surface area contributed by atoms with Gasteiger partial charge in [-0.15, -0.1) is 11.8 Å². The van der Waals surface area contributed by atoms with Gasteiger partial charge in [0.1, 0.15) is 0 Å². The third kappa shape index (κ3) is 4.46. The molecule has 0 saturated heterocycles. The van der Waals surface area contributed by atoms with Crippen molar-refractivity contribution in [2.75, 3.05) is 11.6 Å². The summed E-state index contributed by atoms with van der Waals surface area (Å²) in [5, 5.41) is 11.1. The number of nitrogens with one attached hydrogen (secondary N) is 1. The number of carbonyl (C=O) groups is 2. The third-order valence-electron chi connectivity index (χ3n) is 2.09. The zero-order valence-corrected chi connectivity index (χ0v) is 10.2. The van der Waals surface area contributed by atoms with Crippen molar-refractivity contribution in [2.24, 2.45) is 5.73 Å². The maximum Gasteiger partial charge on any atom is 0.305 e. The van der Waals surface area contributed by atoms with Gasteiger partial charge in [0.15, 0.2) is 0 Å². The van der Waals surface area contributed by atoms with E-state index in [1.807, 2.05) is 18.4 Å². The number of aliphatic carboxylic acids is 1. The first kappa shape index (κ1) is 13.5. The molecule has 1 amide bonds.